The van der Waals surface area contributed by atoms with E-state index in [9.17, 15) is 4.79 Å². The monoisotopic (exact) mass is 472 g/mol. The fourth-order valence-electron chi connectivity index (χ4n) is 5.35. The highest BCUT2D eigenvalue weighted by Gasteiger charge is 2.56. The molecule has 2 saturated heterocycles. The van der Waals surface area contributed by atoms with Crippen molar-refractivity contribution < 1.29 is 24.1 Å². The van der Waals surface area contributed by atoms with Crippen molar-refractivity contribution in [3.05, 3.63) is 24.8 Å². The predicted octanol–water partition coefficient (Wildman–Crippen LogP) is 1.96. The summed E-state index contributed by atoms with van der Waals surface area (Å²) in [5.74, 6) is -1.02. The lowest BCUT2D eigenvalue weighted by Crippen LogP contribution is -2.52. The standard InChI is InChI=1S/C23H32N6O5/c1-12(2)28(14-7-13(8-14)5-6-16(30)31)9-15-18-19(34-23(3,4)33-18)22(32-15)29-11-27-17-20(24)25-10-26-21(17)29/h5-6,10-15,18-19,22H,7-9H2,1-4H3,(H,30,31)(H2,24,25,26)/b6-5+/t13-,14-,15-,18-,19-,22-/m1/s1. The molecule has 2 aromatic rings. The number of hydrogen-bond acceptors (Lipinski definition) is 9. The van der Waals surface area contributed by atoms with Gasteiger partial charge < -0.3 is 25.1 Å². The second-order valence-corrected chi connectivity index (χ2v) is 10.1. The van der Waals surface area contributed by atoms with Gasteiger partial charge in [0, 0.05) is 24.7 Å². The number of fused-ring (bicyclic) bond motifs is 2. The highest BCUT2D eigenvalue weighted by molar-refractivity contribution is 5.81. The number of nitrogens with two attached hydrogens (primary N) is 1. The lowest BCUT2D eigenvalue weighted by atomic mass is 9.78. The number of carboxylic acids is 1. The topological polar surface area (TPSA) is 138 Å². The number of ether oxygens (including phenoxy) is 3. The summed E-state index contributed by atoms with van der Waals surface area (Å²) >= 11 is 0. The number of imidazole rings is 1. The first kappa shape index (κ1) is 23.2. The Labute approximate surface area is 197 Å². The van der Waals surface area contributed by atoms with Gasteiger partial charge in [0.25, 0.3) is 0 Å². The first-order valence-electron chi connectivity index (χ1n) is 11.7. The van der Waals surface area contributed by atoms with Gasteiger partial charge in [-0.3, -0.25) is 9.47 Å². The van der Waals surface area contributed by atoms with Crippen LogP contribution in [0.2, 0.25) is 0 Å². The van der Waals surface area contributed by atoms with Crippen LogP contribution in [0, 0.1) is 5.92 Å². The van der Waals surface area contributed by atoms with Crippen molar-refractivity contribution in [2.24, 2.45) is 5.92 Å². The molecular formula is C23H32N6O5. The number of hydrogen-bond donors (Lipinski definition) is 2. The molecule has 5 rings (SSSR count). The fourth-order valence-corrected chi connectivity index (χ4v) is 5.35. The number of nitrogen functional groups attached to an aromatic ring is 1. The van der Waals surface area contributed by atoms with Crippen LogP contribution >= 0.6 is 0 Å². The Morgan fingerprint density at radius 3 is 2.74 bits per heavy atom. The molecule has 0 spiro atoms. The molecule has 3 N–H and O–H groups in total. The van der Waals surface area contributed by atoms with Gasteiger partial charge >= 0.3 is 5.97 Å². The summed E-state index contributed by atoms with van der Waals surface area (Å²) in [6.45, 7) is 8.85. The molecule has 1 saturated carbocycles. The van der Waals surface area contributed by atoms with Gasteiger partial charge in [-0.25, -0.2) is 19.7 Å². The molecule has 4 heterocycles. The number of allylic oxidation sites excluding steroid dienone is 1. The first-order chi connectivity index (χ1) is 16.1. The maximum atomic E-state index is 10.8. The third kappa shape index (κ3) is 4.17. The Bertz CT molecular complexity index is 1090. The van der Waals surface area contributed by atoms with Gasteiger partial charge in [-0.2, -0.15) is 0 Å². The number of aromatic nitrogens is 4. The van der Waals surface area contributed by atoms with Crippen molar-refractivity contribution in [1.29, 1.82) is 0 Å². The number of carbonyl (C=O) groups is 1. The number of aliphatic carboxylic acids is 1. The predicted molar refractivity (Wildman–Crippen MR) is 123 cm³/mol. The van der Waals surface area contributed by atoms with E-state index in [4.69, 9.17) is 25.1 Å². The number of nitrogens with zero attached hydrogens (tertiary/aromatic N) is 5. The van der Waals surface area contributed by atoms with Gasteiger partial charge in [-0.15, -0.1) is 0 Å². The molecule has 0 aromatic carbocycles. The van der Waals surface area contributed by atoms with Crippen LogP contribution in [-0.2, 0) is 19.0 Å². The van der Waals surface area contributed by atoms with Gasteiger partial charge in [0.1, 0.15) is 30.2 Å². The van der Waals surface area contributed by atoms with Gasteiger partial charge in [0.2, 0.25) is 0 Å². The third-order valence-electron chi connectivity index (χ3n) is 6.97. The number of carboxylic acid groups (broad SMARTS) is 1. The van der Waals surface area contributed by atoms with E-state index in [1.807, 2.05) is 18.4 Å². The van der Waals surface area contributed by atoms with Crippen molar-refractivity contribution >= 4 is 23.0 Å². The van der Waals surface area contributed by atoms with Crippen LogP contribution in [0.5, 0.6) is 0 Å². The van der Waals surface area contributed by atoms with Gasteiger partial charge in [0.15, 0.2) is 23.5 Å². The molecule has 2 aliphatic heterocycles. The SMILES string of the molecule is CC(C)N(C[C@H]1O[C@@H](n2cnc3c(N)ncnc32)[C@@H]2OC(C)(C)O[C@@H]21)[C@H]1C[C@H](/C=C/C(=O)O)C1. The van der Waals surface area contributed by atoms with Crippen LogP contribution in [0.1, 0.15) is 46.8 Å². The largest absolute Gasteiger partial charge is 0.478 e. The Kier molecular flexibility index (Phi) is 5.83. The molecule has 4 atom stereocenters. The summed E-state index contributed by atoms with van der Waals surface area (Å²) in [7, 11) is 0. The average molecular weight is 473 g/mol. The second-order valence-electron chi connectivity index (χ2n) is 10.1. The van der Waals surface area contributed by atoms with Crippen LogP contribution in [-0.4, -0.2) is 78.2 Å². The number of rotatable bonds is 7. The highest BCUT2D eigenvalue weighted by Crippen LogP contribution is 2.45. The van der Waals surface area contributed by atoms with Crippen molar-refractivity contribution in [2.45, 2.75) is 82.9 Å². The van der Waals surface area contributed by atoms with Crippen molar-refractivity contribution in [1.82, 2.24) is 24.4 Å². The molecule has 11 heteroatoms. The molecule has 34 heavy (non-hydrogen) atoms. The van der Waals surface area contributed by atoms with Crippen molar-refractivity contribution in [2.75, 3.05) is 12.3 Å². The van der Waals surface area contributed by atoms with Crippen LogP contribution in [0.25, 0.3) is 11.2 Å². The zero-order valence-corrected chi connectivity index (χ0v) is 19.9. The summed E-state index contributed by atoms with van der Waals surface area (Å²) in [5.41, 5.74) is 7.11. The summed E-state index contributed by atoms with van der Waals surface area (Å²) in [5, 5.41) is 8.89. The van der Waals surface area contributed by atoms with E-state index in [2.05, 4.69) is 33.7 Å². The first-order valence-corrected chi connectivity index (χ1v) is 11.7. The molecule has 3 fully saturated rings. The quantitative estimate of drug-likeness (QED) is 0.575. The maximum Gasteiger partial charge on any atom is 0.327 e. The fraction of sp³-hybridized carbons (Fsp3) is 0.652. The normalized spacial score (nSPS) is 32.6. The molecule has 0 radical (unpaired) electrons. The van der Waals surface area contributed by atoms with Crippen LogP contribution in [0.4, 0.5) is 5.82 Å². The molecule has 184 valence electrons. The molecule has 0 amide bonds. The lowest BCUT2D eigenvalue weighted by molar-refractivity contribution is -0.199. The Hall–Kier alpha value is -2.60. The van der Waals surface area contributed by atoms with Crippen LogP contribution in [0.3, 0.4) is 0 Å². The van der Waals surface area contributed by atoms with Crippen molar-refractivity contribution in [3.8, 4) is 0 Å². The maximum absolute atomic E-state index is 10.8. The molecule has 0 bridgehead atoms. The highest BCUT2D eigenvalue weighted by atomic mass is 16.8. The summed E-state index contributed by atoms with van der Waals surface area (Å²) in [6, 6.07) is 0.661. The van der Waals surface area contributed by atoms with E-state index in [0.29, 0.717) is 41.5 Å². The van der Waals surface area contributed by atoms with Crippen LogP contribution in [0.15, 0.2) is 24.8 Å². The Morgan fingerprint density at radius 1 is 1.29 bits per heavy atom. The lowest BCUT2D eigenvalue weighted by Gasteiger charge is -2.45. The Morgan fingerprint density at radius 2 is 2.03 bits per heavy atom. The van der Waals surface area contributed by atoms with Crippen molar-refractivity contribution in [3.63, 3.8) is 0 Å². The van der Waals surface area contributed by atoms with E-state index in [1.54, 1.807) is 12.4 Å². The Balaban J connectivity index is 1.36. The summed E-state index contributed by atoms with van der Waals surface area (Å²) < 4.78 is 21.0. The van der Waals surface area contributed by atoms with Gasteiger partial charge in [-0.05, 0) is 46.5 Å². The summed E-state index contributed by atoms with van der Waals surface area (Å²) in [4.78, 5) is 26.0. The molecular weight excluding hydrogens is 440 g/mol. The molecule has 3 aliphatic rings. The smallest absolute Gasteiger partial charge is 0.327 e. The average Bonchev–Trinajstić information content (AvgIpc) is 3.37. The molecule has 2 aromatic heterocycles. The molecule has 1 aliphatic carbocycles. The van der Waals surface area contributed by atoms with E-state index in [1.165, 1.54) is 12.4 Å². The molecule has 0 unspecified atom stereocenters. The van der Waals surface area contributed by atoms with E-state index in [-0.39, 0.29) is 18.3 Å². The number of anilines is 1. The molecule has 11 nitrogen and oxygen atoms in total. The van der Waals surface area contributed by atoms with Gasteiger partial charge in [-0.1, -0.05) is 6.08 Å². The van der Waals surface area contributed by atoms with Crippen LogP contribution < -0.4 is 5.73 Å². The minimum Gasteiger partial charge on any atom is -0.478 e. The van der Waals surface area contributed by atoms with E-state index >= 15 is 0 Å². The van der Waals surface area contributed by atoms with E-state index < -0.39 is 18.0 Å². The summed E-state index contributed by atoms with van der Waals surface area (Å²) in [6.07, 6.45) is 6.73. The van der Waals surface area contributed by atoms with Gasteiger partial charge in [0.05, 0.1) is 6.33 Å². The minimum atomic E-state index is -0.902. The second kappa shape index (κ2) is 8.56. The zero-order valence-electron chi connectivity index (χ0n) is 19.9. The minimum absolute atomic E-state index is 0.218. The third-order valence-corrected chi connectivity index (χ3v) is 6.97. The van der Waals surface area contributed by atoms with E-state index in [0.717, 1.165) is 12.8 Å². The zero-order chi connectivity index (χ0) is 24.2.